The summed E-state index contributed by atoms with van der Waals surface area (Å²) in [5.41, 5.74) is 0. The topological polar surface area (TPSA) is 3.24 Å². The van der Waals surface area contributed by atoms with Crippen LogP contribution < -0.4 is 0 Å². The summed E-state index contributed by atoms with van der Waals surface area (Å²) in [5.74, 6) is 0. The molecule has 0 unspecified atom stereocenters. The molecule has 0 aliphatic heterocycles. The molecule has 62 valence electrons. The van der Waals surface area contributed by atoms with Crippen LogP contribution in [0.5, 0.6) is 0 Å². The Balaban J connectivity index is 3.97. The highest BCUT2D eigenvalue weighted by Crippen LogP contribution is 2.22. The van der Waals surface area contributed by atoms with E-state index in [1.54, 1.807) is 13.8 Å². The van der Waals surface area contributed by atoms with Gasteiger partial charge in [-0.1, -0.05) is 20.8 Å². The van der Waals surface area contributed by atoms with Crippen molar-refractivity contribution in [2.45, 2.75) is 33.2 Å². The monoisotopic (exact) mass is 151 g/mol. The largest absolute Gasteiger partial charge is 0.304 e. The van der Waals surface area contributed by atoms with E-state index in [0.29, 0.717) is 13.1 Å². The Bertz CT molecular complexity index is 89.6. The molecule has 0 bridgehead atoms. The first-order valence-electron chi connectivity index (χ1n) is 3.71. The molecule has 0 aromatic heterocycles. The molecule has 0 spiro atoms. The van der Waals surface area contributed by atoms with Crippen molar-refractivity contribution in [2.75, 3.05) is 13.1 Å². The van der Waals surface area contributed by atoms with E-state index in [-0.39, 0.29) is 6.42 Å². The van der Waals surface area contributed by atoms with Crippen molar-refractivity contribution in [3.8, 4) is 0 Å². The van der Waals surface area contributed by atoms with Gasteiger partial charge in [0.1, 0.15) is 0 Å². The molecule has 0 aromatic carbocycles. The fourth-order valence-electron chi connectivity index (χ4n) is 0.910. The molecule has 0 radical (unpaired) electrons. The van der Waals surface area contributed by atoms with Gasteiger partial charge >= 0.3 is 6.05 Å². The Morgan fingerprint density at radius 3 is 1.60 bits per heavy atom. The lowest BCUT2D eigenvalue weighted by Crippen LogP contribution is -2.40. The van der Waals surface area contributed by atoms with Crippen molar-refractivity contribution in [3.05, 3.63) is 0 Å². The maximum absolute atomic E-state index is 12.7. The molecule has 0 fully saturated rings. The number of rotatable bonds is 4. The van der Waals surface area contributed by atoms with E-state index >= 15 is 0 Å². The quantitative estimate of drug-likeness (QED) is 0.557. The Morgan fingerprint density at radius 2 is 1.50 bits per heavy atom. The normalized spacial score (nSPS) is 12.6. The lowest BCUT2D eigenvalue weighted by molar-refractivity contribution is -0.144. The highest BCUT2D eigenvalue weighted by molar-refractivity contribution is 4.64. The van der Waals surface area contributed by atoms with Crippen molar-refractivity contribution in [1.29, 1.82) is 0 Å². The van der Waals surface area contributed by atoms with Gasteiger partial charge in [0, 0.05) is 19.5 Å². The Morgan fingerprint density at radius 1 is 1.10 bits per heavy atom. The number of alkyl halides is 2. The minimum Gasteiger partial charge on any atom is -0.245 e. The zero-order valence-electron chi connectivity index (χ0n) is 6.82. The van der Waals surface area contributed by atoms with Gasteiger partial charge in [-0.15, -0.1) is 0 Å². The maximum Gasteiger partial charge on any atom is 0.304 e. The summed E-state index contributed by atoms with van der Waals surface area (Å²) in [4.78, 5) is 1.16. The predicted molar refractivity (Wildman–Crippen MR) is 38.2 cm³/mol. The fraction of sp³-hybridized carbons (Fsp3) is 1.00. The summed E-state index contributed by atoms with van der Waals surface area (Å²) < 4.78 is 25.5. The van der Waals surface area contributed by atoms with Crippen molar-refractivity contribution in [2.24, 2.45) is 0 Å². The van der Waals surface area contributed by atoms with E-state index in [9.17, 15) is 8.78 Å². The first-order valence-corrected chi connectivity index (χ1v) is 3.71. The third kappa shape index (κ3) is 2.21. The molecule has 0 saturated carbocycles. The van der Waals surface area contributed by atoms with Gasteiger partial charge in [-0.25, -0.2) is 4.90 Å². The van der Waals surface area contributed by atoms with Crippen LogP contribution in [0.15, 0.2) is 0 Å². The molecule has 0 atom stereocenters. The summed E-state index contributed by atoms with van der Waals surface area (Å²) in [6, 6.07) is -2.61. The maximum atomic E-state index is 12.7. The molecule has 1 nitrogen and oxygen atoms in total. The Labute approximate surface area is 61.0 Å². The smallest absolute Gasteiger partial charge is 0.245 e. The second kappa shape index (κ2) is 3.86. The first-order chi connectivity index (χ1) is 4.58. The number of halogens is 2. The number of nitrogens with zero attached hydrogens (tertiary/aromatic N) is 1. The molecular weight excluding hydrogens is 136 g/mol. The standard InChI is InChI=1S/C7H15F2N/c1-4-7(8,9)10(5-2)6-3/h4-6H2,1-3H3. The van der Waals surface area contributed by atoms with Gasteiger partial charge in [-0.3, -0.25) is 0 Å². The summed E-state index contributed by atoms with van der Waals surface area (Å²) in [7, 11) is 0. The number of hydrogen-bond donors (Lipinski definition) is 0. The Kier molecular flexibility index (Phi) is 3.79. The van der Waals surface area contributed by atoms with Crippen LogP contribution in [0.3, 0.4) is 0 Å². The average molecular weight is 151 g/mol. The molecule has 0 aromatic rings. The van der Waals surface area contributed by atoms with Crippen molar-refractivity contribution in [1.82, 2.24) is 4.90 Å². The van der Waals surface area contributed by atoms with Gasteiger partial charge in [-0.05, 0) is 0 Å². The molecule has 0 aliphatic carbocycles. The summed E-state index contributed by atoms with van der Waals surface area (Å²) in [6.45, 7) is 5.81. The molecule has 0 amide bonds. The summed E-state index contributed by atoms with van der Waals surface area (Å²) >= 11 is 0. The molecular formula is C7H15F2N. The van der Waals surface area contributed by atoms with Gasteiger partial charge < -0.3 is 0 Å². The summed E-state index contributed by atoms with van der Waals surface area (Å²) in [6.07, 6.45) is -0.103. The van der Waals surface area contributed by atoms with Gasteiger partial charge in [0.15, 0.2) is 0 Å². The zero-order valence-corrected chi connectivity index (χ0v) is 6.82. The number of hydrogen-bond acceptors (Lipinski definition) is 1. The van der Waals surface area contributed by atoms with Crippen molar-refractivity contribution >= 4 is 0 Å². The summed E-state index contributed by atoms with van der Waals surface area (Å²) in [5, 5.41) is 0. The van der Waals surface area contributed by atoms with Gasteiger partial charge in [0.05, 0.1) is 0 Å². The molecule has 10 heavy (non-hydrogen) atoms. The van der Waals surface area contributed by atoms with E-state index in [2.05, 4.69) is 0 Å². The highest BCUT2D eigenvalue weighted by atomic mass is 19.3. The second-order valence-corrected chi connectivity index (χ2v) is 2.19. The predicted octanol–water partition coefficient (Wildman–Crippen LogP) is 2.33. The van der Waals surface area contributed by atoms with E-state index in [0.717, 1.165) is 4.90 Å². The molecule has 0 heterocycles. The molecule has 3 heteroatoms. The second-order valence-electron chi connectivity index (χ2n) is 2.19. The van der Waals surface area contributed by atoms with Gasteiger partial charge in [0.25, 0.3) is 0 Å². The molecule has 0 N–H and O–H groups in total. The van der Waals surface area contributed by atoms with Crippen LogP contribution in [0.1, 0.15) is 27.2 Å². The zero-order chi connectivity index (χ0) is 8.20. The van der Waals surface area contributed by atoms with Crippen LogP contribution in [-0.2, 0) is 0 Å². The van der Waals surface area contributed by atoms with E-state index in [1.807, 2.05) is 0 Å². The van der Waals surface area contributed by atoms with Crippen LogP contribution in [0.25, 0.3) is 0 Å². The molecule has 0 aliphatic rings. The minimum atomic E-state index is -2.61. The first kappa shape index (κ1) is 9.82. The fourth-order valence-corrected chi connectivity index (χ4v) is 0.910. The third-order valence-electron chi connectivity index (χ3n) is 1.65. The lowest BCUT2D eigenvalue weighted by Gasteiger charge is -2.27. The van der Waals surface area contributed by atoms with E-state index < -0.39 is 6.05 Å². The molecule has 0 saturated heterocycles. The van der Waals surface area contributed by atoms with Gasteiger partial charge in [-0.2, -0.15) is 8.78 Å². The van der Waals surface area contributed by atoms with Crippen molar-refractivity contribution in [3.63, 3.8) is 0 Å². The van der Waals surface area contributed by atoms with E-state index in [1.165, 1.54) is 6.92 Å². The van der Waals surface area contributed by atoms with Gasteiger partial charge in [0.2, 0.25) is 0 Å². The highest BCUT2D eigenvalue weighted by Gasteiger charge is 2.31. The third-order valence-corrected chi connectivity index (χ3v) is 1.65. The van der Waals surface area contributed by atoms with Crippen LogP contribution in [-0.4, -0.2) is 24.0 Å². The van der Waals surface area contributed by atoms with Crippen LogP contribution in [0.4, 0.5) is 8.78 Å². The lowest BCUT2D eigenvalue weighted by atomic mass is 10.3. The van der Waals surface area contributed by atoms with Crippen LogP contribution in [0.2, 0.25) is 0 Å². The molecule has 0 rings (SSSR count). The Hall–Kier alpha value is -0.180. The minimum absolute atomic E-state index is 0.103. The van der Waals surface area contributed by atoms with Crippen LogP contribution in [0, 0.1) is 0 Å². The SMILES string of the molecule is CCN(CC)C(F)(F)CC. The van der Waals surface area contributed by atoms with E-state index in [4.69, 9.17) is 0 Å². The average Bonchev–Trinajstić information content (AvgIpc) is 1.90. The van der Waals surface area contributed by atoms with Crippen LogP contribution >= 0.6 is 0 Å². The van der Waals surface area contributed by atoms with Crippen molar-refractivity contribution < 1.29 is 8.78 Å².